The lowest BCUT2D eigenvalue weighted by Crippen LogP contribution is -2.47. The number of hydrogen-bond donors (Lipinski definition) is 4. The summed E-state index contributed by atoms with van der Waals surface area (Å²) in [6.45, 7) is 0.440. The molecule has 6 heteroatoms. The fourth-order valence-electron chi connectivity index (χ4n) is 3.25. The summed E-state index contributed by atoms with van der Waals surface area (Å²) in [5, 5.41) is 23.4. The molecule has 0 unspecified atom stereocenters. The first-order valence-corrected chi connectivity index (χ1v) is 10.3. The van der Waals surface area contributed by atoms with Crippen LogP contribution in [0.15, 0.2) is 24.3 Å². The second kappa shape index (κ2) is 15.4. The number of carbonyl (C=O) groups is 2. The topological polar surface area (TPSA) is 98.7 Å². The molecule has 1 rings (SSSR count). The molecule has 154 valence electrons. The van der Waals surface area contributed by atoms with E-state index < -0.39 is 0 Å². The van der Waals surface area contributed by atoms with Crippen LogP contribution < -0.4 is 10.6 Å². The summed E-state index contributed by atoms with van der Waals surface area (Å²) in [6, 6.07) is -0.0307. The number of aliphatic hydroxyl groups is 2. The van der Waals surface area contributed by atoms with Crippen LogP contribution in [-0.4, -0.2) is 47.3 Å². The van der Waals surface area contributed by atoms with Gasteiger partial charge in [0.15, 0.2) is 0 Å². The standard InChI is InChI=1S/C21H36N2O4/c24-16-9-5-1-3-7-14-20(26)22-18-12-11-13-19(18)23-21(27)15-8-4-2-6-10-17-25/h7-8,14-15,18-19,24-25H,1-6,9-13,16-17H2,(H,22,26)(H,23,27)/b14-7+,15-8+/t18-,19+. The molecule has 0 heterocycles. The minimum atomic E-state index is -0.109. The largest absolute Gasteiger partial charge is 0.396 e. The van der Waals surface area contributed by atoms with Gasteiger partial charge >= 0.3 is 0 Å². The molecule has 0 saturated heterocycles. The van der Waals surface area contributed by atoms with E-state index in [0.717, 1.165) is 70.6 Å². The molecule has 0 aromatic heterocycles. The maximum atomic E-state index is 12.0. The second-order valence-corrected chi connectivity index (χ2v) is 7.11. The Morgan fingerprint density at radius 1 is 0.741 bits per heavy atom. The van der Waals surface area contributed by atoms with E-state index in [9.17, 15) is 9.59 Å². The molecule has 0 aliphatic heterocycles. The van der Waals surface area contributed by atoms with Crippen LogP contribution >= 0.6 is 0 Å². The molecule has 0 aromatic carbocycles. The minimum Gasteiger partial charge on any atom is -0.396 e. The Kier molecular flexibility index (Phi) is 13.3. The van der Waals surface area contributed by atoms with Crippen LogP contribution in [0.1, 0.15) is 70.6 Å². The van der Waals surface area contributed by atoms with Gasteiger partial charge in [0.1, 0.15) is 0 Å². The summed E-state index contributed by atoms with van der Waals surface area (Å²) < 4.78 is 0. The van der Waals surface area contributed by atoms with E-state index >= 15 is 0 Å². The summed E-state index contributed by atoms with van der Waals surface area (Å²) in [5.41, 5.74) is 0. The van der Waals surface area contributed by atoms with Gasteiger partial charge < -0.3 is 20.8 Å². The molecule has 2 amide bonds. The van der Waals surface area contributed by atoms with E-state index in [1.807, 2.05) is 12.2 Å². The predicted molar refractivity (Wildman–Crippen MR) is 107 cm³/mol. The van der Waals surface area contributed by atoms with E-state index in [1.165, 1.54) is 0 Å². The van der Waals surface area contributed by atoms with Crippen molar-refractivity contribution in [1.82, 2.24) is 10.6 Å². The number of allylic oxidation sites excluding steroid dienone is 2. The van der Waals surface area contributed by atoms with Crippen molar-refractivity contribution in [2.75, 3.05) is 13.2 Å². The van der Waals surface area contributed by atoms with Crippen molar-refractivity contribution in [3.8, 4) is 0 Å². The fourth-order valence-corrected chi connectivity index (χ4v) is 3.25. The quantitative estimate of drug-likeness (QED) is 0.275. The molecule has 1 fully saturated rings. The maximum absolute atomic E-state index is 12.0. The monoisotopic (exact) mass is 380 g/mol. The van der Waals surface area contributed by atoms with Crippen LogP contribution in [-0.2, 0) is 9.59 Å². The van der Waals surface area contributed by atoms with Crippen molar-refractivity contribution in [1.29, 1.82) is 0 Å². The van der Waals surface area contributed by atoms with E-state index in [1.54, 1.807) is 12.2 Å². The van der Waals surface area contributed by atoms with Gasteiger partial charge in [0, 0.05) is 25.3 Å². The average Bonchev–Trinajstić information content (AvgIpc) is 3.07. The number of carbonyl (C=O) groups excluding carboxylic acids is 2. The Bertz CT molecular complexity index is 435. The highest BCUT2D eigenvalue weighted by Gasteiger charge is 2.28. The van der Waals surface area contributed by atoms with Gasteiger partial charge in [-0.3, -0.25) is 9.59 Å². The van der Waals surface area contributed by atoms with Gasteiger partial charge in [-0.2, -0.15) is 0 Å². The first kappa shape index (κ1) is 23.4. The van der Waals surface area contributed by atoms with Gasteiger partial charge in [-0.05, 0) is 69.9 Å². The van der Waals surface area contributed by atoms with Crippen LogP contribution in [0, 0.1) is 0 Å². The number of rotatable bonds is 14. The first-order chi connectivity index (χ1) is 13.2. The highest BCUT2D eigenvalue weighted by molar-refractivity contribution is 5.89. The van der Waals surface area contributed by atoms with E-state index in [-0.39, 0.29) is 37.1 Å². The highest BCUT2D eigenvalue weighted by Crippen LogP contribution is 2.19. The Labute approximate surface area is 163 Å². The van der Waals surface area contributed by atoms with Gasteiger partial charge in [0.05, 0.1) is 0 Å². The lowest BCUT2D eigenvalue weighted by molar-refractivity contribution is -0.119. The Hall–Kier alpha value is -1.66. The second-order valence-electron chi connectivity index (χ2n) is 7.11. The molecule has 1 aliphatic rings. The molecule has 4 N–H and O–H groups in total. The van der Waals surface area contributed by atoms with Crippen molar-refractivity contribution < 1.29 is 19.8 Å². The summed E-state index contributed by atoms with van der Waals surface area (Å²) in [4.78, 5) is 24.1. The number of unbranched alkanes of at least 4 members (excludes halogenated alkanes) is 6. The molecule has 1 aliphatic carbocycles. The Balaban J connectivity index is 2.25. The Morgan fingerprint density at radius 2 is 1.19 bits per heavy atom. The van der Waals surface area contributed by atoms with Gasteiger partial charge in [0.25, 0.3) is 0 Å². The molecule has 1 saturated carbocycles. The normalized spacial score (nSPS) is 19.8. The van der Waals surface area contributed by atoms with E-state index in [0.29, 0.717) is 0 Å². The van der Waals surface area contributed by atoms with Crippen LogP contribution in [0.25, 0.3) is 0 Å². The molecule has 0 spiro atoms. The van der Waals surface area contributed by atoms with Gasteiger partial charge in [-0.15, -0.1) is 0 Å². The molecule has 27 heavy (non-hydrogen) atoms. The number of amides is 2. The molecule has 0 bridgehead atoms. The Morgan fingerprint density at radius 3 is 1.59 bits per heavy atom. The van der Waals surface area contributed by atoms with Crippen LogP contribution in [0.5, 0.6) is 0 Å². The molecule has 6 nitrogen and oxygen atoms in total. The smallest absolute Gasteiger partial charge is 0.243 e. The van der Waals surface area contributed by atoms with Crippen LogP contribution in [0.4, 0.5) is 0 Å². The zero-order valence-electron chi connectivity index (χ0n) is 16.4. The molecular formula is C21H36N2O4. The van der Waals surface area contributed by atoms with Gasteiger partial charge in [-0.25, -0.2) is 0 Å². The minimum absolute atomic E-state index is 0.0153. The van der Waals surface area contributed by atoms with Crippen LogP contribution in [0.3, 0.4) is 0 Å². The third kappa shape index (κ3) is 11.6. The molecular weight excluding hydrogens is 344 g/mol. The van der Waals surface area contributed by atoms with E-state index in [2.05, 4.69) is 10.6 Å². The predicted octanol–water partition coefficient (Wildman–Crippen LogP) is 2.36. The number of nitrogens with one attached hydrogen (secondary N) is 2. The van der Waals surface area contributed by atoms with Crippen molar-refractivity contribution in [3.05, 3.63) is 24.3 Å². The molecule has 0 radical (unpaired) electrons. The summed E-state index contributed by atoms with van der Waals surface area (Å²) in [5.74, 6) is -0.217. The lowest BCUT2D eigenvalue weighted by atomic mass is 10.1. The van der Waals surface area contributed by atoms with Gasteiger partial charge in [-0.1, -0.05) is 25.0 Å². The number of aliphatic hydroxyl groups excluding tert-OH is 2. The average molecular weight is 381 g/mol. The molecule has 0 aromatic rings. The summed E-state index contributed by atoms with van der Waals surface area (Å²) in [6.07, 6.45) is 16.8. The van der Waals surface area contributed by atoms with Crippen molar-refractivity contribution in [2.45, 2.75) is 82.7 Å². The third-order valence-electron chi connectivity index (χ3n) is 4.77. The summed E-state index contributed by atoms with van der Waals surface area (Å²) in [7, 11) is 0. The van der Waals surface area contributed by atoms with Crippen molar-refractivity contribution in [2.24, 2.45) is 0 Å². The lowest BCUT2D eigenvalue weighted by Gasteiger charge is -2.21. The third-order valence-corrected chi connectivity index (χ3v) is 4.77. The van der Waals surface area contributed by atoms with Crippen LogP contribution in [0.2, 0.25) is 0 Å². The van der Waals surface area contributed by atoms with Crippen molar-refractivity contribution >= 4 is 11.8 Å². The molecule has 2 atom stereocenters. The zero-order valence-corrected chi connectivity index (χ0v) is 16.4. The fraction of sp³-hybridized carbons (Fsp3) is 0.714. The zero-order chi connectivity index (χ0) is 19.7. The van der Waals surface area contributed by atoms with Crippen molar-refractivity contribution in [3.63, 3.8) is 0 Å². The van der Waals surface area contributed by atoms with E-state index in [4.69, 9.17) is 10.2 Å². The first-order valence-electron chi connectivity index (χ1n) is 10.3. The number of hydrogen-bond acceptors (Lipinski definition) is 4. The maximum Gasteiger partial charge on any atom is 0.243 e. The summed E-state index contributed by atoms with van der Waals surface area (Å²) >= 11 is 0. The SMILES string of the molecule is O=C(/C=C/CCCCCO)N[C@H]1CCC[C@H]1NC(=O)/C=C/CCCCCO. The highest BCUT2D eigenvalue weighted by atomic mass is 16.3. The van der Waals surface area contributed by atoms with Gasteiger partial charge in [0.2, 0.25) is 11.8 Å².